The number of rotatable bonds is 3. The molecule has 0 aliphatic carbocycles. The maximum Gasteiger partial charge on any atom is 0.222 e. The Morgan fingerprint density at radius 2 is 2.00 bits per heavy atom. The maximum absolute atomic E-state index is 5.81. The van der Waals surface area contributed by atoms with Gasteiger partial charge in [-0.3, -0.25) is 0 Å². The Hall–Kier alpha value is -1.06. The molecule has 17 heavy (non-hydrogen) atoms. The molecule has 4 heteroatoms. The van der Waals surface area contributed by atoms with Crippen molar-refractivity contribution in [1.82, 2.24) is 4.98 Å². The average molecular weight is 313 g/mol. The monoisotopic (exact) mass is 311 g/mol. The molecule has 0 amide bonds. The van der Waals surface area contributed by atoms with Crippen molar-refractivity contribution in [2.24, 2.45) is 0 Å². The predicted octanol–water partition coefficient (Wildman–Crippen LogP) is 4.73. The second kappa shape index (κ2) is 5.52. The van der Waals surface area contributed by atoms with E-state index in [1.165, 1.54) is 0 Å². The summed E-state index contributed by atoms with van der Waals surface area (Å²) in [5.41, 5.74) is 2.14. The fraction of sp³-hybridized carbons (Fsp3) is 0.154. The molecule has 0 atom stereocenters. The van der Waals surface area contributed by atoms with E-state index in [9.17, 15) is 0 Å². The largest absolute Gasteiger partial charge is 0.439 e. The van der Waals surface area contributed by atoms with Gasteiger partial charge in [-0.2, -0.15) is 0 Å². The molecular weight excluding hydrogens is 302 g/mol. The summed E-state index contributed by atoms with van der Waals surface area (Å²) < 4.78 is 5.68. The molecule has 0 saturated heterocycles. The van der Waals surface area contributed by atoms with Crippen molar-refractivity contribution in [2.45, 2.75) is 12.3 Å². The first kappa shape index (κ1) is 12.4. The van der Waals surface area contributed by atoms with Crippen LogP contribution in [-0.4, -0.2) is 4.98 Å². The first-order valence-corrected chi connectivity index (χ1v) is 6.64. The van der Waals surface area contributed by atoms with Gasteiger partial charge in [0.25, 0.3) is 0 Å². The van der Waals surface area contributed by atoms with Crippen molar-refractivity contribution < 1.29 is 4.74 Å². The number of benzene rings is 1. The van der Waals surface area contributed by atoms with E-state index >= 15 is 0 Å². The molecule has 0 bridgehead atoms. The summed E-state index contributed by atoms with van der Waals surface area (Å²) >= 11 is 9.20. The van der Waals surface area contributed by atoms with Crippen molar-refractivity contribution in [3.63, 3.8) is 0 Å². The van der Waals surface area contributed by atoms with Crippen LogP contribution in [-0.2, 0) is 5.33 Å². The minimum atomic E-state index is 0.622. The molecule has 1 heterocycles. The molecule has 2 nitrogen and oxygen atoms in total. The second-order valence-corrected chi connectivity index (χ2v) is 4.65. The van der Waals surface area contributed by atoms with E-state index in [-0.39, 0.29) is 0 Å². The molecule has 0 spiro atoms. The van der Waals surface area contributed by atoms with Gasteiger partial charge in [-0.05, 0) is 42.8 Å². The van der Waals surface area contributed by atoms with Crippen molar-refractivity contribution in [3.8, 4) is 11.6 Å². The van der Waals surface area contributed by atoms with Crippen LogP contribution < -0.4 is 4.74 Å². The highest BCUT2D eigenvalue weighted by Crippen LogP contribution is 2.24. The van der Waals surface area contributed by atoms with Crippen LogP contribution in [0, 0.1) is 6.92 Å². The number of aromatic nitrogens is 1. The number of hydrogen-bond donors (Lipinski definition) is 0. The number of alkyl halides is 1. The summed E-state index contributed by atoms with van der Waals surface area (Å²) in [4.78, 5) is 4.28. The lowest BCUT2D eigenvalue weighted by Crippen LogP contribution is -1.92. The Morgan fingerprint density at radius 1 is 1.29 bits per heavy atom. The highest BCUT2D eigenvalue weighted by molar-refractivity contribution is 9.08. The number of halogens is 2. The second-order valence-electron chi connectivity index (χ2n) is 3.66. The van der Waals surface area contributed by atoms with E-state index < -0.39 is 0 Å². The first-order valence-electron chi connectivity index (χ1n) is 5.14. The van der Waals surface area contributed by atoms with Gasteiger partial charge in [0.05, 0.1) is 0 Å². The summed E-state index contributed by atoms with van der Waals surface area (Å²) in [7, 11) is 0. The van der Waals surface area contributed by atoms with E-state index in [0.29, 0.717) is 10.9 Å². The van der Waals surface area contributed by atoms with Crippen LogP contribution >= 0.6 is 27.5 Å². The Bertz CT molecular complexity index is 513. The Balaban J connectivity index is 2.21. The van der Waals surface area contributed by atoms with Gasteiger partial charge in [0, 0.05) is 22.1 Å². The molecule has 0 unspecified atom stereocenters. The number of ether oxygens (including phenoxy) is 1. The highest BCUT2D eigenvalue weighted by Gasteiger charge is 2.04. The molecule has 1 aromatic carbocycles. The Kier molecular flexibility index (Phi) is 4.02. The van der Waals surface area contributed by atoms with Crippen molar-refractivity contribution in [2.75, 3.05) is 0 Å². The topological polar surface area (TPSA) is 22.1 Å². The highest BCUT2D eigenvalue weighted by atomic mass is 79.9. The fourth-order valence-corrected chi connectivity index (χ4v) is 1.85. The lowest BCUT2D eigenvalue weighted by Gasteiger charge is -2.08. The van der Waals surface area contributed by atoms with Gasteiger partial charge in [0.15, 0.2) is 0 Å². The maximum atomic E-state index is 5.81. The van der Waals surface area contributed by atoms with Gasteiger partial charge >= 0.3 is 0 Å². The lowest BCUT2D eigenvalue weighted by molar-refractivity contribution is 0.458. The van der Waals surface area contributed by atoms with E-state index in [4.69, 9.17) is 16.3 Å². The minimum Gasteiger partial charge on any atom is -0.439 e. The predicted molar refractivity (Wildman–Crippen MR) is 73.1 cm³/mol. The van der Waals surface area contributed by atoms with E-state index in [1.807, 2.05) is 25.1 Å². The molecule has 0 radical (unpaired) electrons. The molecule has 2 rings (SSSR count). The number of nitrogens with zero attached hydrogens (tertiary/aromatic N) is 1. The Labute approximate surface area is 114 Å². The third-order valence-corrected chi connectivity index (χ3v) is 3.17. The van der Waals surface area contributed by atoms with Crippen LogP contribution in [0.4, 0.5) is 0 Å². The molecule has 0 aliphatic heterocycles. The quantitative estimate of drug-likeness (QED) is 0.764. The molecule has 88 valence electrons. The van der Waals surface area contributed by atoms with Crippen LogP contribution in [0.2, 0.25) is 5.02 Å². The molecule has 2 aromatic rings. The summed E-state index contributed by atoms with van der Waals surface area (Å²) in [5, 5.41) is 1.49. The van der Waals surface area contributed by atoms with Gasteiger partial charge in [-0.25, -0.2) is 4.98 Å². The summed E-state index contributed by atoms with van der Waals surface area (Å²) in [6.07, 6.45) is 1.80. The summed E-state index contributed by atoms with van der Waals surface area (Å²) in [6, 6.07) is 9.27. The number of aryl methyl sites for hydroxylation is 1. The van der Waals surface area contributed by atoms with Crippen LogP contribution in [0.5, 0.6) is 11.6 Å². The van der Waals surface area contributed by atoms with Crippen LogP contribution in [0.1, 0.15) is 11.1 Å². The minimum absolute atomic E-state index is 0.622. The Morgan fingerprint density at radius 3 is 2.59 bits per heavy atom. The molecule has 0 fully saturated rings. The molecule has 1 aromatic heterocycles. The van der Waals surface area contributed by atoms with E-state index in [0.717, 1.165) is 22.2 Å². The van der Waals surface area contributed by atoms with Gasteiger partial charge < -0.3 is 4.74 Å². The smallest absolute Gasteiger partial charge is 0.222 e. The third-order valence-electron chi connectivity index (χ3n) is 2.27. The SMILES string of the molecule is Cc1cc(CBr)cnc1Oc1ccc(Cl)cc1. The van der Waals surface area contributed by atoms with Crippen molar-refractivity contribution >= 4 is 27.5 Å². The zero-order valence-corrected chi connectivity index (χ0v) is 11.6. The van der Waals surface area contributed by atoms with Gasteiger partial charge in [0.1, 0.15) is 5.75 Å². The molecule has 0 aliphatic rings. The van der Waals surface area contributed by atoms with Crippen LogP contribution in [0.25, 0.3) is 0 Å². The van der Waals surface area contributed by atoms with Crippen molar-refractivity contribution in [1.29, 1.82) is 0 Å². The zero-order valence-electron chi connectivity index (χ0n) is 9.28. The summed E-state index contributed by atoms with van der Waals surface area (Å²) in [5.74, 6) is 1.36. The van der Waals surface area contributed by atoms with Gasteiger partial charge in [0.2, 0.25) is 5.88 Å². The van der Waals surface area contributed by atoms with Gasteiger partial charge in [-0.1, -0.05) is 27.5 Å². The van der Waals surface area contributed by atoms with E-state index in [2.05, 4.69) is 20.9 Å². The summed E-state index contributed by atoms with van der Waals surface area (Å²) in [6.45, 7) is 1.98. The van der Waals surface area contributed by atoms with Crippen LogP contribution in [0.3, 0.4) is 0 Å². The van der Waals surface area contributed by atoms with Gasteiger partial charge in [-0.15, -0.1) is 0 Å². The molecule has 0 saturated carbocycles. The molecular formula is C13H11BrClNO. The average Bonchev–Trinajstić information content (AvgIpc) is 2.34. The standard InChI is InChI=1S/C13H11BrClNO/c1-9-6-10(7-14)8-16-13(9)17-12-4-2-11(15)3-5-12/h2-6,8H,7H2,1H3. The number of hydrogen-bond acceptors (Lipinski definition) is 2. The van der Waals surface area contributed by atoms with Crippen molar-refractivity contribution in [3.05, 3.63) is 52.7 Å². The normalized spacial score (nSPS) is 10.3. The third kappa shape index (κ3) is 3.20. The fourth-order valence-electron chi connectivity index (χ4n) is 1.41. The van der Waals surface area contributed by atoms with E-state index in [1.54, 1.807) is 18.3 Å². The lowest BCUT2D eigenvalue weighted by atomic mass is 10.2. The number of pyridine rings is 1. The first-order chi connectivity index (χ1) is 8.19. The molecule has 0 N–H and O–H groups in total. The van der Waals surface area contributed by atoms with Crippen LogP contribution in [0.15, 0.2) is 36.5 Å². The zero-order chi connectivity index (χ0) is 12.3.